The van der Waals surface area contributed by atoms with Crippen molar-refractivity contribution in [2.45, 2.75) is 16.1 Å². The van der Waals surface area contributed by atoms with E-state index < -0.39 is 76.9 Å². The maximum Gasteiger partial charge on any atom is 0.335 e. The van der Waals surface area contributed by atoms with Gasteiger partial charge >= 0.3 is 23.9 Å². The number of aliphatic carboxylic acids is 2. The van der Waals surface area contributed by atoms with Gasteiger partial charge in [0.15, 0.2) is 0 Å². The lowest BCUT2D eigenvalue weighted by Gasteiger charge is -2.24. The number of hydrogen-bond acceptors (Lipinski definition) is 8. The fourth-order valence-corrected chi connectivity index (χ4v) is 3.66. The van der Waals surface area contributed by atoms with Crippen LogP contribution in [0.4, 0.5) is 0 Å². The number of allylic oxidation sites excluding steroid dienone is 2. The van der Waals surface area contributed by atoms with E-state index in [1.54, 1.807) is 0 Å². The highest BCUT2D eigenvalue weighted by molar-refractivity contribution is 7.88. The van der Waals surface area contributed by atoms with E-state index in [0.29, 0.717) is 12.1 Å². The van der Waals surface area contributed by atoms with Gasteiger partial charge in [-0.1, -0.05) is 12.2 Å². The third-order valence-corrected chi connectivity index (χ3v) is 6.12. The van der Waals surface area contributed by atoms with Crippen molar-refractivity contribution in [1.82, 2.24) is 0 Å². The number of aromatic carboxylic acids is 2. The first-order valence-electron chi connectivity index (χ1n) is 7.83. The molecular weight excluding hydrogens is 480 g/mol. The molecule has 0 saturated carbocycles. The Hall–Kier alpha value is -3.60. The van der Waals surface area contributed by atoms with Gasteiger partial charge in [-0.3, -0.25) is 13.9 Å². The van der Waals surface area contributed by atoms with Gasteiger partial charge in [0.05, 0.1) is 16.0 Å². The molecule has 32 heavy (non-hydrogen) atoms. The molecule has 174 valence electrons. The van der Waals surface area contributed by atoms with E-state index in [-0.39, 0.29) is 0 Å². The number of rotatable bonds is 6. The second-order valence-electron chi connectivity index (χ2n) is 6.03. The van der Waals surface area contributed by atoms with Crippen molar-refractivity contribution in [2.24, 2.45) is 0 Å². The molecule has 1 aliphatic carbocycles. The molecule has 16 heteroatoms. The molecule has 1 atom stereocenters. The topological polar surface area (TPSA) is 258 Å². The van der Waals surface area contributed by atoms with E-state index in [4.69, 9.17) is 29.5 Å². The van der Waals surface area contributed by atoms with Gasteiger partial charge < -0.3 is 20.4 Å². The fraction of sp³-hybridized carbons (Fsp3) is 0.125. The molecule has 1 unspecified atom stereocenters. The van der Waals surface area contributed by atoms with Crippen molar-refractivity contribution in [3.8, 4) is 0 Å². The summed E-state index contributed by atoms with van der Waals surface area (Å²) in [6.45, 7) is 0. The molecule has 0 aromatic heterocycles. The van der Waals surface area contributed by atoms with Gasteiger partial charge in [0.2, 0.25) is 4.75 Å². The molecule has 0 bridgehead atoms. The Morgan fingerprint density at radius 1 is 0.781 bits per heavy atom. The Kier molecular flexibility index (Phi) is 7.65. The first-order valence-corrected chi connectivity index (χ1v) is 10.7. The minimum absolute atomic E-state index is 0.400. The van der Waals surface area contributed by atoms with Crippen LogP contribution >= 0.6 is 0 Å². The van der Waals surface area contributed by atoms with Crippen molar-refractivity contribution in [3.05, 3.63) is 53.1 Å². The third kappa shape index (κ3) is 5.97. The summed E-state index contributed by atoms with van der Waals surface area (Å²) in [7, 11) is -9.59. The van der Waals surface area contributed by atoms with Gasteiger partial charge in [-0.2, -0.15) is 16.8 Å². The third-order valence-electron chi connectivity index (χ3n) is 3.91. The summed E-state index contributed by atoms with van der Waals surface area (Å²) in [5, 5.41) is 34.7. The van der Waals surface area contributed by atoms with E-state index >= 15 is 0 Å². The quantitative estimate of drug-likeness (QED) is 0.284. The van der Waals surface area contributed by atoms with Gasteiger partial charge in [-0.15, -0.1) is 0 Å². The second kappa shape index (κ2) is 9.27. The molecule has 0 fully saturated rings. The van der Waals surface area contributed by atoms with Crippen LogP contribution in [0.2, 0.25) is 0 Å². The standard InChI is InChI=1S/C8H6O7S.C8H8O7S/c9-7(10)4-1-5(8(11)12)3-6(2-4)16(13,14)15;9-6(10)5-2-1-3-8(4-5,7(11)12)16(13,14)15/h1-3H,(H,9,10)(H,11,12)(H,13,14,15);1-3H,4H2,(H,9,10)(H,11,12)(H,13,14,15). The zero-order valence-corrected chi connectivity index (χ0v) is 17.1. The van der Waals surface area contributed by atoms with Crippen LogP contribution in [0.1, 0.15) is 27.1 Å². The molecule has 0 saturated heterocycles. The Morgan fingerprint density at radius 3 is 1.56 bits per heavy atom. The van der Waals surface area contributed by atoms with Crippen LogP contribution < -0.4 is 0 Å². The Bertz CT molecular complexity index is 1220. The lowest BCUT2D eigenvalue weighted by molar-refractivity contribution is -0.139. The monoisotopic (exact) mass is 494 g/mol. The van der Waals surface area contributed by atoms with Crippen LogP contribution in [0.25, 0.3) is 0 Å². The van der Waals surface area contributed by atoms with Crippen molar-refractivity contribution in [3.63, 3.8) is 0 Å². The zero-order chi connectivity index (χ0) is 25.1. The fourth-order valence-electron chi connectivity index (χ4n) is 2.30. The van der Waals surface area contributed by atoms with Gasteiger partial charge in [-0.25, -0.2) is 14.4 Å². The lowest BCUT2D eigenvalue weighted by atomic mass is 9.93. The van der Waals surface area contributed by atoms with Crippen molar-refractivity contribution in [1.29, 1.82) is 0 Å². The van der Waals surface area contributed by atoms with Crippen molar-refractivity contribution in [2.75, 3.05) is 0 Å². The summed E-state index contributed by atoms with van der Waals surface area (Å²) in [5.74, 6) is -6.24. The molecule has 1 aromatic carbocycles. The van der Waals surface area contributed by atoms with E-state index in [2.05, 4.69) is 0 Å². The van der Waals surface area contributed by atoms with Crippen LogP contribution in [0.15, 0.2) is 46.9 Å². The van der Waals surface area contributed by atoms with Crippen molar-refractivity contribution < 1.29 is 65.5 Å². The molecule has 0 spiro atoms. The predicted octanol–water partition coefficient (Wildman–Crippen LogP) is -0.00180. The van der Waals surface area contributed by atoms with E-state index in [0.717, 1.165) is 24.3 Å². The number of hydrogen-bond donors (Lipinski definition) is 6. The average Bonchev–Trinajstić information content (AvgIpc) is 2.66. The SMILES string of the molecule is O=C(O)C1=CC=CC(C(=O)O)(S(=O)(=O)O)C1.O=C(O)c1cc(C(=O)O)cc(S(=O)(=O)O)c1. The highest BCUT2D eigenvalue weighted by Crippen LogP contribution is 2.31. The predicted molar refractivity (Wildman–Crippen MR) is 102 cm³/mol. The first-order chi connectivity index (χ1) is 14.4. The smallest absolute Gasteiger partial charge is 0.335 e. The van der Waals surface area contributed by atoms with E-state index in [1.807, 2.05) is 0 Å². The zero-order valence-electron chi connectivity index (χ0n) is 15.4. The minimum Gasteiger partial charge on any atom is -0.480 e. The maximum atomic E-state index is 11.0. The second-order valence-corrected chi connectivity index (χ2v) is 9.13. The molecule has 6 N–H and O–H groups in total. The molecule has 1 aliphatic rings. The molecule has 14 nitrogen and oxygen atoms in total. The molecule has 2 rings (SSSR count). The molecular formula is C16H14O14S2. The van der Waals surface area contributed by atoms with Crippen LogP contribution in [0.5, 0.6) is 0 Å². The number of carbonyl (C=O) groups is 4. The Balaban J connectivity index is 0.000000320. The molecule has 0 radical (unpaired) electrons. The summed E-state index contributed by atoms with van der Waals surface area (Å²) in [6.07, 6.45) is 1.99. The highest BCUT2D eigenvalue weighted by Gasteiger charge is 2.50. The van der Waals surface area contributed by atoms with Crippen molar-refractivity contribution >= 4 is 44.1 Å². The summed E-state index contributed by atoms with van der Waals surface area (Å²) in [6, 6.07) is 2.13. The summed E-state index contributed by atoms with van der Waals surface area (Å²) in [5.41, 5.74) is -1.47. The van der Waals surface area contributed by atoms with E-state index in [1.165, 1.54) is 0 Å². The van der Waals surface area contributed by atoms with Crippen LogP contribution in [0.3, 0.4) is 0 Å². The lowest BCUT2D eigenvalue weighted by Crippen LogP contribution is -2.46. The van der Waals surface area contributed by atoms with Crippen LogP contribution in [0, 0.1) is 0 Å². The number of benzene rings is 1. The molecule has 0 amide bonds. The number of carboxylic acids is 4. The van der Waals surface area contributed by atoms with Gasteiger partial charge in [-0.05, 0) is 24.3 Å². The molecule has 0 aliphatic heterocycles. The van der Waals surface area contributed by atoms with Gasteiger partial charge in [0.1, 0.15) is 0 Å². The Morgan fingerprint density at radius 2 is 1.25 bits per heavy atom. The first kappa shape index (κ1) is 26.4. The van der Waals surface area contributed by atoms with Gasteiger partial charge in [0.25, 0.3) is 20.2 Å². The average molecular weight is 494 g/mol. The summed E-state index contributed by atoms with van der Waals surface area (Å²) in [4.78, 5) is 41.9. The Labute approximate surface area is 179 Å². The van der Waals surface area contributed by atoms with E-state index in [9.17, 15) is 36.0 Å². The van der Waals surface area contributed by atoms with Crippen LogP contribution in [-0.2, 0) is 29.8 Å². The van der Waals surface area contributed by atoms with Gasteiger partial charge in [0, 0.05) is 12.0 Å². The molecule has 1 aromatic rings. The summed E-state index contributed by atoms with van der Waals surface area (Å²) < 4.78 is 58.5. The normalized spacial score (nSPS) is 18.0. The summed E-state index contributed by atoms with van der Waals surface area (Å²) >= 11 is 0. The minimum atomic E-state index is -4.94. The largest absolute Gasteiger partial charge is 0.480 e. The van der Waals surface area contributed by atoms with Crippen LogP contribution in [-0.4, -0.2) is 75.0 Å². The highest BCUT2D eigenvalue weighted by atomic mass is 32.2. The molecule has 0 heterocycles. The maximum absolute atomic E-state index is 11.0. The number of carboxylic acid groups (broad SMARTS) is 4.